The Kier molecular flexibility index (Phi) is 4.16. The maximum Gasteiger partial charge on any atom is 0.336 e. The van der Waals surface area contributed by atoms with Gasteiger partial charge in [0, 0.05) is 0 Å². The molecule has 2 aromatic rings. The maximum atomic E-state index is 14.0. The first-order valence-electron chi connectivity index (χ1n) is 6.49. The summed E-state index contributed by atoms with van der Waals surface area (Å²) in [5.41, 5.74) is 1.00. The molecule has 110 valence electrons. The molecule has 0 amide bonds. The highest BCUT2D eigenvalue weighted by atomic mass is 19.1. The molecule has 0 fully saturated rings. The summed E-state index contributed by atoms with van der Waals surface area (Å²) in [7, 11) is 0. The number of aromatic nitrogens is 2. The summed E-state index contributed by atoms with van der Waals surface area (Å²) in [6, 6.07) is 6.20. The fourth-order valence-electron chi connectivity index (χ4n) is 2.15. The third-order valence-corrected chi connectivity index (χ3v) is 3.14. The molecule has 21 heavy (non-hydrogen) atoms. The van der Waals surface area contributed by atoms with Gasteiger partial charge >= 0.3 is 5.97 Å². The molecule has 0 radical (unpaired) electrons. The van der Waals surface area contributed by atoms with E-state index < -0.39 is 17.8 Å². The zero-order chi connectivity index (χ0) is 15.6. The molecular weight excluding hydrogens is 273 g/mol. The normalized spacial score (nSPS) is 12.0. The summed E-state index contributed by atoms with van der Waals surface area (Å²) in [6.07, 6.45) is 0. The number of rotatable bonds is 4. The van der Waals surface area contributed by atoms with Crippen LogP contribution in [0.5, 0.6) is 0 Å². The molecule has 0 saturated carbocycles. The van der Waals surface area contributed by atoms with Crippen molar-refractivity contribution in [2.24, 2.45) is 0 Å². The predicted molar refractivity (Wildman–Crippen MR) is 76.9 cm³/mol. The fraction of sp³-hybridized carbons (Fsp3) is 0.267. The first-order chi connectivity index (χ1) is 9.90. The van der Waals surface area contributed by atoms with E-state index in [0.717, 1.165) is 0 Å². The number of carboxylic acid groups (broad SMARTS) is 1. The van der Waals surface area contributed by atoms with E-state index in [4.69, 9.17) is 0 Å². The minimum Gasteiger partial charge on any atom is -0.478 e. The van der Waals surface area contributed by atoms with Gasteiger partial charge in [-0.05, 0) is 32.4 Å². The van der Waals surface area contributed by atoms with E-state index in [1.54, 1.807) is 39.0 Å². The summed E-state index contributed by atoms with van der Waals surface area (Å²) in [5, 5.41) is 12.1. The van der Waals surface area contributed by atoms with E-state index in [-0.39, 0.29) is 17.1 Å². The number of halogens is 1. The number of anilines is 1. The van der Waals surface area contributed by atoms with Gasteiger partial charge < -0.3 is 10.4 Å². The van der Waals surface area contributed by atoms with Crippen LogP contribution in [0, 0.1) is 19.7 Å². The van der Waals surface area contributed by atoms with Gasteiger partial charge in [-0.25, -0.2) is 19.2 Å². The van der Waals surface area contributed by atoms with Gasteiger partial charge in [-0.15, -0.1) is 0 Å². The zero-order valence-electron chi connectivity index (χ0n) is 12.0. The maximum absolute atomic E-state index is 14.0. The molecule has 2 N–H and O–H groups in total. The van der Waals surface area contributed by atoms with Crippen molar-refractivity contribution in [3.05, 3.63) is 52.7 Å². The minimum absolute atomic E-state index is 0.0766. The molecule has 0 aliphatic heterocycles. The Morgan fingerprint density at radius 1 is 1.29 bits per heavy atom. The van der Waals surface area contributed by atoms with Gasteiger partial charge in [0.2, 0.25) is 0 Å². The van der Waals surface area contributed by atoms with Crippen LogP contribution < -0.4 is 5.32 Å². The van der Waals surface area contributed by atoms with Crippen molar-refractivity contribution < 1.29 is 14.3 Å². The topological polar surface area (TPSA) is 75.1 Å². The van der Waals surface area contributed by atoms with Crippen LogP contribution in [0.25, 0.3) is 0 Å². The Hall–Kier alpha value is -2.50. The number of carbonyl (C=O) groups is 1. The van der Waals surface area contributed by atoms with Crippen LogP contribution in [0.15, 0.2) is 24.3 Å². The van der Waals surface area contributed by atoms with E-state index >= 15 is 0 Å². The van der Waals surface area contributed by atoms with Crippen LogP contribution in [-0.4, -0.2) is 21.0 Å². The molecule has 2 rings (SSSR count). The highest BCUT2D eigenvalue weighted by Crippen LogP contribution is 2.23. The van der Waals surface area contributed by atoms with Gasteiger partial charge in [0.1, 0.15) is 5.82 Å². The van der Waals surface area contributed by atoms with Crippen LogP contribution in [0.4, 0.5) is 10.2 Å². The molecule has 1 heterocycles. The van der Waals surface area contributed by atoms with Crippen molar-refractivity contribution in [1.29, 1.82) is 0 Å². The third-order valence-electron chi connectivity index (χ3n) is 3.14. The second-order valence-electron chi connectivity index (χ2n) is 4.78. The lowest BCUT2D eigenvalue weighted by molar-refractivity contribution is 0.0695. The summed E-state index contributed by atoms with van der Waals surface area (Å²) in [5.74, 6) is -1.02. The molecule has 0 spiro atoms. The third kappa shape index (κ3) is 3.16. The number of aryl methyl sites for hydroxylation is 2. The van der Waals surface area contributed by atoms with Crippen molar-refractivity contribution in [2.45, 2.75) is 26.8 Å². The van der Waals surface area contributed by atoms with Gasteiger partial charge in [0.15, 0.2) is 11.6 Å². The van der Waals surface area contributed by atoms with E-state index in [1.807, 2.05) is 0 Å². The van der Waals surface area contributed by atoms with Gasteiger partial charge in [0.25, 0.3) is 0 Å². The SMILES string of the molecule is Cc1nc(C)c(F)c(NC(C)c2ccccc2C(=O)O)n1. The lowest BCUT2D eigenvalue weighted by atomic mass is 10.0. The Bertz CT molecular complexity index is 689. The summed E-state index contributed by atoms with van der Waals surface area (Å²) < 4.78 is 14.0. The lowest BCUT2D eigenvalue weighted by Crippen LogP contribution is -2.15. The van der Waals surface area contributed by atoms with Gasteiger partial charge in [0.05, 0.1) is 17.3 Å². The molecule has 0 bridgehead atoms. The number of hydrogen-bond donors (Lipinski definition) is 2. The fourth-order valence-corrected chi connectivity index (χ4v) is 2.15. The molecule has 0 aliphatic carbocycles. The highest BCUT2D eigenvalue weighted by Gasteiger charge is 2.17. The lowest BCUT2D eigenvalue weighted by Gasteiger charge is -2.18. The Morgan fingerprint density at radius 3 is 2.62 bits per heavy atom. The van der Waals surface area contributed by atoms with Crippen LogP contribution in [0.2, 0.25) is 0 Å². The average molecular weight is 289 g/mol. The quantitative estimate of drug-likeness (QED) is 0.904. The molecule has 1 unspecified atom stereocenters. The van der Waals surface area contributed by atoms with Crippen molar-refractivity contribution in [2.75, 3.05) is 5.32 Å². The smallest absolute Gasteiger partial charge is 0.336 e. The van der Waals surface area contributed by atoms with Gasteiger partial charge in [-0.3, -0.25) is 0 Å². The van der Waals surface area contributed by atoms with Crippen molar-refractivity contribution in [3.63, 3.8) is 0 Å². The first kappa shape index (κ1) is 14.9. The molecule has 0 aliphatic rings. The average Bonchev–Trinajstić information content (AvgIpc) is 2.44. The molecule has 5 nitrogen and oxygen atoms in total. The molecule has 6 heteroatoms. The number of benzene rings is 1. The Labute approximate surface area is 121 Å². The molecule has 1 aromatic carbocycles. The molecule has 0 saturated heterocycles. The standard InChI is InChI=1S/C15H16FN3O2/c1-8(11-6-4-5-7-12(11)15(20)21)18-14-13(16)9(2)17-10(3)19-14/h4-8H,1-3H3,(H,20,21)(H,17,18,19). The monoisotopic (exact) mass is 289 g/mol. The number of hydrogen-bond acceptors (Lipinski definition) is 4. The van der Waals surface area contributed by atoms with E-state index in [9.17, 15) is 14.3 Å². The summed E-state index contributed by atoms with van der Waals surface area (Å²) >= 11 is 0. The van der Waals surface area contributed by atoms with Crippen molar-refractivity contribution in [3.8, 4) is 0 Å². The highest BCUT2D eigenvalue weighted by molar-refractivity contribution is 5.89. The Balaban J connectivity index is 2.35. The van der Waals surface area contributed by atoms with Crippen molar-refractivity contribution >= 4 is 11.8 Å². The van der Waals surface area contributed by atoms with Crippen molar-refractivity contribution in [1.82, 2.24) is 9.97 Å². The first-order valence-corrected chi connectivity index (χ1v) is 6.49. The van der Waals surface area contributed by atoms with Gasteiger partial charge in [-0.1, -0.05) is 18.2 Å². The zero-order valence-corrected chi connectivity index (χ0v) is 12.0. The number of aromatic carboxylic acids is 1. The van der Waals surface area contributed by atoms with Crippen LogP contribution in [0.3, 0.4) is 0 Å². The second kappa shape index (κ2) is 5.87. The number of nitrogens with one attached hydrogen (secondary N) is 1. The summed E-state index contributed by atoms with van der Waals surface area (Å²) in [6.45, 7) is 4.99. The summed E-state index contributed by atoms with van der Waals surface area (Å²) in [4.78, 5) is 19.2. The predicted octanol–water partition coefficient (Wildman–Crippen LogP) is 3.10. The van der Waals surface area contributed by atoms with E-state index in [0.29, 0.717) is 11.4 Å². The van der Waals surface area contributed by atoms with Gasteiger partial charge in [-0.2, -0.15) is 0 Å². The largest absolute Gasteiger partial charge is 0.478 e. The van der Waals surface area contributed by atoms with E-state index in [1.165, 1.54) is 6.07 Å². The van der Waals surface area contributed by atoms with E-state index in [2.05, 4.69) is 15.3 Å². The molecular formula is C15H16FN3O2. The minimum atomic E-state index is -1.02. The second-order valence-corrected chi connectivity index (χ2v) is 4.78. The van der Waals surface area contributed by atoms with Crippen LogP contribution in [-0.2, 0) is 0 Å². The Morgan fingerprint density at radius 2 is 1.95 bits per heavy atom. The number of carboxylic acids is 1. The molecule has 1 atom stereocenters. The number of nitrogens with zero attached hydrogens (tertiary/aromatic N) is 2. The molecule has 1 aromatic heterocycles. The van der Waals surface area contributed by atoms with Crippen LogP contribution >= 0.6 is 0 Å². The van der Waals surface area contributed by atoms with Crippen LogP contribution in [0.1, 0.15) is 40.4 Å².